The molecule has 2 atom stereocenters. The third kappa shape index (κ3) is 3.09. The number of carbonyl (C=O) groups excluding carboxylic acids is 1. The molecule has 1 aliphatic heterocycles. The van der Waals surface area contributed by atoms with Gasteiger partial charge in [0.25, 0.3) is 0 Å². The molecule has 2 unspecified atom stereocenters. The van der Waals surface area contributed by atoms with Gasteiger partial charge in [-0.2, -0.15) is 0 Å². The van der Waals surface area contributed by atoms with Gasteiger partial charge in [0.1, 0.15) is 5.78 Å². The molecule has 82 valence electrons. The molecule has 0 N–H and O–H groups in total. The van der Waals surface area contributed by atoms with Crippen LogP contribution in [-0.2, 0) is 4.79 Å². The monoisotopic (exact) mass is 197 g/mol. The van der Waals surface area contributed by atoms with E-state index in [2.05, 4.69) is 11.9 Å². The van der Waals surface area contributed by atoms with Gasteiger partial charge in [-0.3, -0.25) is 4.79 Å². The summed E-state index contributed by atoms with van der Waals surface area (Å²) in [4.78, 5) is 13.7. The molecule has 2 fully saturated rings. The Hall–Kier alpha value is -0.370. The number of hydrogen-bond donors (Lipinski definition) is 0. The number of likely N-dealkylation sites (tertiary alicyclic amines) is 1. The van der Waals surface area contributed by atoms with Crippen molar-refractivity contribution in [2.45, 2.75) is 39.5 Å². The predicted molar refractivity (Wildman–Crippen MR) is 59.3 cm³/mol. The first-order valence-electron chi connectivity index (χ1n) is 5.94. The van der Waals surface area contributed by atoms with E-state index in [0.29, 0.717) is 11.7 Å². The lowest BCUT2D eigenvalue weighted by atomic mass is 9.88. The predicted octanol–water partition coefficient (Wildman–Crippen LogP) is 2.33. The van der Waals surface area contributed by atoms with Crippen molar-refractivity contribution in [1.82, 2.24) is 4.90 Å². The molecule has 0 spiro atoms. The average molecular weight is 197 g/mol. The molecule has 0 aromatic rings. The van der Waals surface area contributed by atoms with Gasteiger partial charge in [0.15, 0.2) is 0 Å². The van der Waals surface area contributed by atoms with Gasteiger partial charge in [-0.15, -0.1) is 0 Å². The number of hydrogen-bond acceptors (Lipinski definition) is 2. The molecule has 2 nitrogen and oxygen atoms in total. The van der Waals surface area contributed by atoms with E-state index < -0.39 is 0 Å². The lowest BCUT2D eigenvalue weighted by Gasteiger charge is -2.33. The Kier molecular flexibility index (Phi) is 4.59. The Morgan fingerprint density at radius 2 is 1.86 bits per heavy atom. The van der Waals surface area contributed by atoms with Crippen LogP contribution in [0.5, 0.6) is 0 Å². The minimum absolute atomic E-state index is 0.498. The first-order valence-corrected chi connectivity index (χ1v) is 5.94. The molecule has 0 amide bonds. The lowest BCUT2D eigenvalue weighted by Crippen LogP contribution is -2.36. The first-order chi connectivity index (χ1) is 6.74. The molecule has 1 saturated heterocycles. The standard InChI is InChI=1S/C10H17NO.C2H6/c1-11-6-8-2-3-10(12)5-9(4-8)7-11;1-2/h8-9H,2-7H2,1H3;1-2H3. The van der Waals surface area contributed by atoms with E-state index >= 15 is 0 Å². The van der Waals surface area contributed by atoms with Crippen LogP contribution in [0.3, 0.4) is 0 Å². The topological polar surface area (TPSA) is 20.3 Å². The van der Waals surface area contributed by atoms with Crippen LogP contribution >= 0.6 is 0 Å². The van der Waals surface area contributed by atoms with Crippen LogP contribution in [0.15, 0.2) is 0 Å². The molecule has 14 heavy (non-hydrogen) atoms. The van der Waals surface area contributed by atoms with Gasteiger partial charge in [-0.05, 0) is 31.7 Å². The van der Waals surface area contributed by atoms with E-state index in [4.69, 9.17) is 0 Å². The summed E-state index contributed by atoms with van der Waals surface area (Å²) in [5.74, 6) is 1.97. The third-order valence-corrected chi connectivity index (χ3v) is 3.15. The quantitative estimate of drug-likeness (QED) is 0.594. The van der Waals surface area contributed by atoms with E-state index in [-0.39, 0.29) is 0 Å². The van der Waals surface area contributed by atoms with Crippen LogP contribution in [0.1, 0.15) is 39.5 Å². The highest BCUT2D eigenvalue weighted by atomic mass is 16.1. The zero-order chi connectivity index (χ0) is 10.6. The number of carbonyl (C=O) groups is 1. The molecule has 2 heteroatoms. The van der Waals surface area contributed by atoms with Gasteiger partial charge in [0.05, 0.1) is 0 Å². The Bertz CT molecular complexity index is 191. The number of rotatable bonds is 0. The second kappa shape index (κ2) is 5.50. The maximum atomic E-state index is 11.3. The van der Waals surface area contributed by atoms with Crippen molar-refractivity contribution in [2.75, 3.05) is 20.1 Å². The van der Waals surface area contributed by atoms with Gasteiger partial charge in [-0.1, -0.05) is 13.8 Å². The number of Topliss-reactive ketones (excluding diaryl/α,β-unsaturated/α-hetero) is 1. The summed E-state index contributed by atoms with van der Waals surface area (Å²) in [6, 6.07) is 0. The zero-order valence-electron chi connectivity index (χ0n) is 9.75. The Labute approximate surface area is 87.7 Å². The highest BCUT2D eigenvalue weighted by Crippen LogP contribution is 2.30. The number of piperidine rings is 1. The second-order valence-corrected chi connectivity index (χ2v) is 4.47. The van der Waals surface area contributed by atoms with E-state index in [0.717, 1.165) is 31.7 Å². The first kappa shape index (κ1) is 11.7. The van der Waals surface area contributed by atoms with Crippen molar-refractivity contribution < 1.29 is 4.79 Å². The van der Waals surface area contributed by atoms with Crippen molar-refractivity contribution in [2.24, 2.45) is 11.8 Å². The fraction of sp³-hybridized carbons (Fsp3) is 0.917. The fourth-order valence-electron chi connectivity index (χ4n) is 2.72. The zero-order valence-corrected chi connectivity index (χ0v) is 9.75. The summed E-state index contributed by atoms with van der Waals surface area (Å²) in [5.41, 5.74) is 0. The third-order valence-electron chi connectivity index (χ3n) is 3.15. The second-order valence-electron chi connectivity index (χ2n) is 4.47. The van der Waals surface area contributed by atoms with Crippen molar-refractivity contribution in [3.05, 3.63) is 0 Å². The normalized spacial score (nSPS) is 32.9. The molecule has 0 aromatic heterocycles. The van der Waals surface area contributed by atoms with Gasteiger partial charge in [0.2, 0.25) is 0 Å². The minimum atomic E-state index is 0.498. The molecule has 2 rings (SSSR count). The summed E-state index contributed by atoms with van der Waals surface area (Å²) < 4.78 is 0. The Balaban J connectivity index is 0.000000461. The summed E-state index contributed by atoms with van der Waals surface area (Å²) in [6.45, 7) is 6.35. The number of ketones is 1. The lowest BCUT2D eigenvalue weighted by molar-refractivity contribution is -0.119. The summed E-state index contributed by atoms with van der Waals surface area (Å²) in [6.07, 6.45) is 4.13. The fourth-order valence-corrected chi connectivity index (χ4v) is 2.72. The summed E-state index contributed by atoms with van der Waals surface area (Å²) >= 11 is 0. The Morgan fingerprint density at radius 1 is 1.21 bits per heavy atom. The van der Waals surface area contributed by atoms with Crippen LogP contribution in [0.2, 0.25) is 0 Å². The summed E-state index contributed by atoms with van der Waals surface area (Å²) in [5, 5.41) is 0. The largest absolute Gasteiger partial charge is 0.306 e. The van der Waals surface area contributed by atoms with Gasteiger partial charge in [0, 0.05) is 25.9 Å². The van der Waals surface area contributed by atoms with Crippen LogP contribution in [0.4, 0.5) is 0 Å². The highest BCUT2D eigenvalue weighted by Gasteiger charge is 2.29. The van der Waals surface area contributed by atoms with Crippen molar-refractivity contribution in [3.8, 4) is 0 Å². The molecular weight excluding hydrogens is 174 g/mol. The van der Waals surface area contributed by atoms with E-state index in [1.165, 1.54) is 13.0 Å². The minimum Gasteiger partial charge on any atom is -0.306 e. The molecule has 1 saturated carbocycles. The van der Waals surface area contributed by atoms with E-state index in [9.17, 15) is 4.79 Å². The SMILES string of the molecule is CC.CN1CC2CCC(=O)CC(C2)C1. The van der Waals surface area contributed by atoms with E-state index in [1.54, 1.807) is 0 Å². The number of fused-ring (bicyclic) bond motifs is 2. The van der Waals surface area contributed by atoms with Crippen LogP contribution in [0, 0.1) is 11.8 Å². The maximum absolute atomic E-state index is 11.3. The molecular formula is C12H23NO. The summed E-state index contributed by atoms with van der Waals surface area (Å²) in [7, 11) is 2.18. The van der Waals surface area contributed by atoms with Gasteiger partial charge >= 0.3 is 0 Å². The van der Waals surface area contributed by atoms with Crippen molar-refractivity contribution >= 4 is 5.78 Å². The number of nitrogens with zero attached hydrogens (tertiary/aromatic N) is 1. The molecule has 2 aliphatic rings. The average Bonchev–Trinajstić information content (AvgIpc) is 2.28. The maximum Gasteiger partial charge on any atom is 0.133 e. The van der Waals surface area contributed by atoms with Gasteiger partial charge < -0.3 is 4.90 Å². The van der Waals surface area contributed by atoms with Crippen LogP contribution < -0.4 is 0 Å². The smallest absolute Gasteiger partial charge is 0.133 e. The van der Waals surface area contributed by atoms with Crippen molar-refractivity contribution in [3.63, 3.8) is 0 Å². The molecule has 1 aliphatic carbocycles. The molecule has 1 heterocycles. The van der Waals surface area contributed by atoms with Crippen molar-refractivity contribution in [1.29, 1.82) is 0 Å². The van der Waals surface area contributed by atoms with Gasteiger partial charge in [-0.25, -0.2) is 0 Å². The highest BCUT2D eigenvalue weighted by molar-refractivity contribution is 5.78. The molecule has 0 aromatic carbocycles. The molecule has 0 radical (unpaired) electrons. The Morgan fingerprint density at radius 3 is 2.57 bits per heavy atom. The van der Waals surface area contributed by atoms with Crippen LogP contribution in [-0.4, -0.2) is 30.8 Å². The van der Waals surface area contributed by atoms with Crippen LogP contribution in [0.25, 0.3) is 0 Å². The van der Waals surface area contributed by atoms with E-state index in [1.807, 2.05) is 13.8 Å². The molecule has 2 bridgehead atoms.